The second-order valence-electron chi connectivity index (χ2n) is 6.20. The maximum atomic E-state index is 12.0. The molecule has 1 aromatic rings. The number of likely N-dealkylation sites (N-methyl/N-ethyl adjacent to an activating group) is 1. The summed E-state index contributed by atoms with van der Waals surface area (Å²) < 4.78 is 27.0. The normalized spacial score (nSPS) is 16.9. The van der Waals surface area contributed by atoms with E-state index in [9.17, 15) is 13.2 Å². The monoisotopic (exact) mass is 416 g/mol. The molecule has 0 unspecified atom stereocenters. The Morgan fingerprint density at radius 1 is 1.33 bits per heavy atom. The number of aliphatic imine (C=N–C) groups is 1. The first kappa shape index (κ1) is 21.6. The van der Waals surface area contributed by atoms with Crippen molar-refractivity contribution in [3.05, 3.63) is 17.5 Å². The van der Waals surface area contributed by atoms with E-state index >= 15 is 0 Å². The minimum Gasteiger partial charge on any atom is -0.358 e. The molecule has 1 aliphatic heterocycles. The Balaban J connectivity index is 1.67. The molecule has 0 aliphatic carbocycles. The SMILES string of the molecule is CN=C(NCCNS(=O)(=O)c1cccs1)NC1CCN(CC(=O)NC)CC1. The fraction of sp³-hybridized carbons (Fsp3) is 0.625. The van der Waals surface area contributed by atoms with Gasteiger partial charge in [0.1, 0.15) is 4.21 Å². The maximum absolute atomic E-state index is 12.0. The number of guanidine groups is 1. The van der Waals surface area contributed by atoms with Gasteiger partial charge in [-0.15, -0.1) is 11.3 Å². The van der Waals surface area contributed by atoms with Crippen LogP contribution in [0.2, 0.25) is 0 Å². The Morgan fingerprint density at radius 2 is 2.07 bits per heavy atom. The molecule has 1 amide bonds. The van der Waals surface area contributed by atoms with Gasteiger partial charge in [-0.2, -0.15) is 0 Å². The molecule has 11 heteroatoms. The maximum Gasteiger partial charge on any atom is 0.250 e. The van der Waals surface area contributed by atoms with Crippen LogP contribution in [0.1, 0.15) is 12.8 Å². The molecule has 0 aromatic carbocycles. The number of sulfonamides is 1. The Kier molecular flexibility index (Phi) is 8.48. The number of likely N-dealkylation sites (tertiary alicyclic amines) is 1. The van der Waals surface area contributed by atoms with Gasteiger partial charge in [0, 0.05) is 46.3 Å². The molecule has 1 saturated heterocycles. The fourth-order valence-electron chi connectivity index (χ4n) is 2.76. The molecule has 0 atom stereocenters. The van der Waals surface area contributed by atoms with Crippen LogP contribution in [0.25, 0.3) is 0 Å². The van der Waals surface area contributed by atoms with E-state index in [0.717, 1.165) is 25.9 Å². The predicted molar refractivity (Wildman–Crippen MR) is 108 cm³/mol. The van der Waals surface area contributed by atoms with Crippen molar-refractivity contribution in [1.29, 1.82) is 0 Å². The number of piperidine rings is 1. The highest BCUT2D eigenvalue weighted by molar-refractivity contribution is 7.91. The summed E-state index contributed by atoms with van der Waals surface area (Å²) in [4.78, 5) is 17.8. The van der Waals surface area contributed by atoms with Gasteiger partial charge < -0.3 is 16.0 Å². The van der Waals surface area contributed by atoms with Gasteiger partial charge in [-0.3, -0.25) is 14.7 Å². The standard InChI is InChI=1S/C16H28N6O3S2/c1-17-14(23)12-22-9-5-13(6-10-22)21-16(18-2)19-7-8-20-27(24,25)15-4-3-11-26-15/h3-4,11,13,20H,5-10,12H2,1-2H3,(H,17,23)(H2,18,19,21). The van der Waals surface area contributed by atoms with E-state index in [1.807, 2.05) is 0 Å². The third kappa shape index (κ3) is 7.09. The molecule has 27 heavy (non-hydrogen) atoms. The first-order valence-corrected chi connectivity index (χ1v) is 11.2. The van der Waals surface area contributed by atoms with Gasteiger partial charge in [-0.05, 0) is 24.3 Å². The summed E-state index contributed by atoms with van der Waals surface area (Å²) in [6, 6.07) is 3.57. The van der Waals surface area contributed by atoms with Crippen molar-refractivity contribution in [2.45, 2.75) is 23.1 Å². The van der Waals surface area contributed by atoms with Gasteiger partial charge in [-0.25, -0.2) is 13.1 Å². The van der Waals surface area contributed by atoms with Crippen LogP contribution in [0.3, 0.4) is 0 Å². The number of amides is 1. The Labute approximate surface area is 164 Å². The van der Waals surface area contributed by atoms with E-state index in [1.54, 1.807) is 31.6 Å². The summed E-state index contributed by atoms with van der Waals surface area (Å²) in [6.45, 7) is 2.83. The van der Waals surface area contributed by atoms with Crippen molar-refractivity contribution >= 4 is 33.2 Å². The zero-order chi connectivity index (χ0) is 19.7. The van der Waals surface area contributed by atoms with Gasteiger partial charge in [-0.1, -0.05) is 6.07 Å². The molecule has 1 aliphatic rings. The summed E-state index contributed by atoms with van der Waals surface area (Å²) in [7, 11) is -0.105. The quantitative estimate of drug-likeness (QED) is 0.256. The van der Waals surface area contributed by atoms with Crippen LogP contribution in [-0.2, 0) is 14.8 Å². The summed E-state index contributed by atoms with van der Waals surface area (Å²) >= 11 is 1.19. The van der Waals surface area contributed by atoms with Crippen molar-refractivity contribution in [1.82, 2.24) is 25.6 Å². The van der Waals surface area contributed by atoms with Crippen LogP contribution in [0.15, 0.2) is 26.7 Å². The van der Waals surface area contributed by atoms with E-state index < -0.39 is 10.0 Å². The number of hydrogen-bond acceptors (Lipinski definition) is 6. The minimum atomic E-state index is -3.44. The number of carbonyl (C=O) groups excluding carboxylic acids is 1. The second-order valence-corrected chi connectivity index (χ2v) is 9.14. The third-order valence-electron chi connectivity index (χ3n) is 4.27. The molecule has 2 rings (SSSR count). The largest absolute Gasteiger partial charge is 0.358 e. The van der Waals surface area contributed by atoms with Gasteiger partial charge in [0.25, 0.3) is 0 Å². The van der Waals surface area contributed by atoms with Crippen LogP contribution in [0.5, 0.6) is 0 Å². The Hall–Kier alpha value is -1.69. The van der Waals surface area contributed by atoms with Crippen molar-refractivity contribution in [2.75, 3.05) is 46.8 Å². The van der Waals surface area contributed by atoms with Gasteiger partial charge in [0.15, 0.2) is 5.96 Å². The van der Waals surface area contributed by atoms with Gasteiger partial charge in [0.05, 0.1) is 6.54 Å². The van der Waals surface area contributed by atoms with Gasteiger partial charge >= 0.3 is 0 Å². The van der Waals surface area contributed by atoms with Gasteiger partial charge in [0.2, 0.25) is 15.9 Å². The third-order valence-corrected chi connectivity index (χ3v) is 7.13. The molecule has 0 saturated carbocycles. The van der Waals surface area contributed by atoms with Crippen molar-refractivity contribution in [3.63, 3.8) is 0 Å². The molecule has 1 fully saturated rings. The molecule has 9 nitrogen and oxygen atoms in total. The lowest BCUT2D eigenvalue weighted by molar-refractivity contribution is -0.122. The summed E-state index contributed by atoms with van der Waals surface area (Å²) in [5.74, 6) is 0.680. The molecule has 152 valence electrons. The number of thiophene rings is 1. The number of carbonyl (C=O) groups is 1. The fourth-order valence-corrected chi connectivity index (χ4v) is 4.83. The Morgan fingerprint density at radius 3 is 2.67 bits per heavy atom. The topological polar surface area (TPSA) is 115 Å². The van der Waals surface area contributed by atoms with E-state index in [0.29, 0.717) is 23.3 Å². The van der Waals surface area contributed by atoms with E-state index in [1.165, 1.54) is 11.3 Å². The van der Waals surface area contributed by atoms with Crippen LogP contribution >= 0.6 is 11.3 Å². The summed E-state index contributed by atoms with van der Waals surface area (Å²) in [6.07, 6.45) is 1.84. The predicted octanol–water partition coefficient (Wildman–Crippen LogP) is -0.598. The van der Waals surface area contributed by atoms with Crippen molar-refractivity contribution in [3.8, 4) is 0 Å². The molecule has 0 bridgehead atoms. The van der Waals surface area contributed by atoms with Crippen LogP contribution in [0, 0.1) is 0 Å². The molecular weight excluding hydrogens is 388 g/mol. The first-order valence-electron chi connectivity index (χ1n) is 8.88. The smallest absolute Gasteiger partial charge is 0.250 e. The Bertz CT molecular complexity index is 713. The average Bonchev–Trinajstić information content (AvgIpc) is 3.21. The lowest BCUT2D eigenvalue weighted by Gasteiger charge is -2.32. The molecule has 0 spiro atoms. The first-order chi connectivity index (χ1) is 12.9. The molecular formula is C16H28N6O3S2. The van der Waals surface area contributed by atoms with Crippen LogP contribution in [-0.4, -0.2) is 78.0 Å². The number of rotatable bonds is 8. The highest BCUT2D eigenvalue weighted by atomic mass is 32.2. The van der Waals surface area contributed by atoms with E-state index in [4.69, 9.17) is 0 Å². The highest BCUT2D eigenvalue weighted by Gasteiger charge is 2.21. The highest BCUT2D eigenvalue weighted by Crippen LogP contribution is 2.14. The van der Waals surface area contributed by atoms with Crippen molar-refractivity contribution in [2.24, 2.45) is 4.99 Å². The summed E-state index contributed by atoms with van der Waals surface area (Å²) in [5, 5.41) is 10.9. The lowest BCUT2D eigenvalue weighted by Crippen LogP contribution is -2.50. The van der Waals surface area contributed by atoms with Crippen LogP contribution in [0.4, 0.5) is 0 Å². The number of nitrogens with one attached hydrogen (secondary N) is 4. The van der Waals surface area contributed by atoms with E-state index in [2.05, 4.69) is 30.6 Å². The molecule has 4 N–H and O–H groups in total. The van der Waals surface area contributed by atoms with E-state index in [-0.39, 0.29) is 18.5 Å². The molecule has 0 radical (unpaired) electrons. The number of nitrogens with zero attached hydrogens (tertiary/aromatic N) is 2. The summed E-state index contributed by atoms with van der Waals surface area (Å²) in [5.41, 5.74) is 0. The van der Waals surface area contributed by atoms with Crippen LogP contribution < -0.4 is 20.7 Å². The molecule has 1 aromatic heterocycles. The molecule has 2 heterocycles. The average molecular weight is 417 g/mol. The zero-order valence-corrected chi connectivity index (χ0v) is 17.3. The number of hydrogen-bond donors (Lipinski definition) is 4. The zero-order valence-electron chi connectivity index (χ0n) is 15.7. The second kappa shape index (κ2) is 10.6. The minimum absolute atomic E-state index is 0.0314. The lowest BCUT2D eigenvalue weighted by atomic mass is 10.1. The van der Waals surface area contributed by atoms with Crippen molar-refractivity contribution < 1.29 is 13.2 Å².